The third kappa shape index (κ3) is 10.4. The van der Waals surface area contributed by atoms with Crippen LogP contribution in [0.1, 0.15) is 24.6 Å². The largest absolute Gasteiger partial charge is 0.490 e. The molecule has 38 heavy (non-hydrogen) atoms. The summed E-state index contributed by atoms with van der Waals surface area (Å²) in [6.07, 6.45) is -0.666. The van der Waals surface area contributed by atoms with E-state index in [0.29, 0.717) is 6.04 Å². The summed E-state index contributed by atoms with van der Waals surface area (Å²) in [4.78, 5) is 31.0. The lowest BCUT2D eigenvalue weighted by atomic mass is 10.1. The first-order chi connectivity index (χ1) is 17.8. The van der Waals surface area contributed by atoms with Gasteiger partial charge in [0.15, 0.2) is 0 Å². The summed E-state index contributed by atoms with van der Waals surface area (Å²) in [5.41, 5.74) is 1.05. The number of hydrogen-bond acceptors (Lipinski definition) is 9. The summed E-state index contributed by atoms with van der Waals surface area (Å²) in [7, 11) is 0. The van der Waals surface area contributed by atoms with Crippen LogP contribution in [0.5, 0.6) is 0 Å². The van der Waals surface area contributed by atoms with Crippen LogP contribution in [0.15, 0.2) is 24.8 Å². The van der Waals surface area contributed by atoms with Gasteiger partial charge in [0.25, 0.3) is 0 Å². The van der Waals surface area contributed by atoms with Crippen LogP contribution < -0.4 is 4.90 Å². The van der Waals surface area contributed by atoms with E-state index in [1.165, 1.54) is 0 Å². The highest BCUT2D eigenvalue weighted by Crippen LogP contribution is 2.24. The summed E-state index contributed by atoms with van der Waals surface area (Å²) in [5.74, 6) is -4.55. The van der Waals surface area contributed by atoms with Crippen LogP contribution in [0.4, 0.5) is 32.2 Å². The summed E-state index contributed by atoms with van der Waals surface area (Å²) in [5, 5.41) is 23.0. The maximum Gasteiger partial charge on any atom is 0.490 e. The summed E-state index contributed by atoms with van der Waals surface area (Å²) in [6, 6.07) is 0.420. The van der Waals surface area contributed by atoms with Gasteiger partial charge < -0.3 is 19.8 Å². The fraction of sp³-hybridized carbons (Fsp3) is 0.600. The number of morpholine rings is 1. The smallest absolute Gasteiger partial charge is 0.475 e. The molecule has 0 atom stereocenters. The van der Waals surface area contributed by atoms with Gasteiger partial charge in [0.2, 0.25) is 0 Å². The fourth-order valence-electron chi connectivity index (χ4n) is 3.37. The van der Waals surface area contributed by atoms with Crippen molar-refractivity contribution in [3.63, 3.8) is 0 Å². The zero-order valence-electron chi connectivity index (χ0n) is 19.8. The van der Waals surface area contributed by atoms with Crippen molar-refractivity contribution in [2.45, 2.75) is 37.8 Å². The number of piperidine rings is 1. The number of carboxylic acids is 2. The van der Waals surface area contributed by atoms with Gasteiger partial charge in [0, 0.05) is 45.1 Å². The van der Waals surface area contributed by atoms with Crippen molar-refractivity contribution < 1.29 is 50.9 Å². The van der Waals surface area contributed by atoms with Gasteiger partial charge in [-0.05, 0) is 12.8 Å². The minimum absolute atomic E-state index is 0.420. The highest BCUT2D eigenvalue weighted by molar-refractivity contribution is 5.73. The quantitative estimate of drug-likeness (QED) is 0.532. The predicted octanol–water partition coefficient (Wildman–Crippen LogP) is 2.01. The Labute approximate surface area is 211 Å². The van der Waals surface area contributed by atoms with Crippen molar-refractivity contribution in [1.82, 2.24) is 29.9 Å². The number of alkyl halides is 6. The second-order valence-corrected chi connectivity index (χ2v) is 7.97. The van der Waals surface area contributed by atoms with Gasteiger partial charge in [-0.1, -0.05) is 5.21 Å². The Bertz CT molecular complexity index is 984. The van der Waals surface area contributed by atoms with Crippen LogP contribution in [0.3, 0.4) is 0 Å². The number of halogens is 6. The third-order valence-corrected chi connectivity index (χ3v) is 5.24. The predicted molar refractivity (Wildman–Crippen MR) is 116 cm³/mol. The molecule has 0 aromatic carbocycles. The van der Waals surface area contributed by atoms with Crippen LogP contribution in [0.25, 0.3) is 0 Å². The molecule has 0 aliphatic carbocycles. The van der Waals surface area contributed by atoms with E-state index in [-0.39, 0.29) is 0 Å². The van der Waals surface area contributed by atoms with Crippen LogP contribution in [-0.4, -0.2) is 104 Å². The Morgan fingerprint density at radius 3 is 1.97 bits per heavy atom. The molecule has 2 N–H and O–H groups in total. The van der Waals surface area contributed by atoms with Crippen molar-refractivity contribution in [3.8, 4) is 0 Å². The maximum absolute atomic E-state index is 10.6. The number of carboxylic acid groups (broad SMARTS) is 2. The number of rotatable bonds is 4. The number of anilines is 1. The lowest BCUT2D eigenvalue weighted by Gasteiger charge is -2.32. The van der Waals surface area contributed by atoms with E-state index in [1.807, 2.05) is 10.9 Å². The van der Waals surface area contributed by atoms with Gasteiger partial charge >= 0.3 is 24.3 Å². The maximum atomic E-state index is 10.6. The Kier molecular flexibility index (Phi) is 11.2. The minimum Gasteiger partial charge on any atom is -0.475 e. The van der Waals surface area contributed by atoms with E-state index < -0.39 is 24.3 Å². The van der Waals surface area contributed by atoms with Crippen molar-refractivity contribution >= 4 is 17.8 Å². The fourth-order valence-corrected chi connectivity index (χ4v) is 3.37. The first-order valence-electron chi connectivity index (χ1n) is 11.1. The molecule has 2 aliphatic heterocycles. The van der Waals surface area contributed by atoms with Gasteiger partial charge in [0.05, 0.1) is 37.3 Å². The monoisotopic (exact) mass is 557 g/mol. The SMILES string of the molecule is O=C(O)C(F)(F)F.O=C(O)C(F)(F)F.c1cnc(N2CCC(n3cc(CN4CCOCC4)nn3)CC2)cn1. The summed E-state index contributed by atoms with van der Waals surface area (Å²) in [6.45, 7) is 6.39. The van der Waals surface area contributed by atoms with Gasteiger partial charge in [-0.15, -0.1) is 5.10 Å². The average Bonchev–Trinajstić information content (AvgIpc) is 3.33. The third-order valence-electron chi connectivity index (χ3n) is 5.24. The second-order valence-electron chi connectivity index (χ2n) is 7.97. The molecule has 4 rings (SSSR count). The topological polar surface area (TPSA) is 147 Å². The van der Waals surface area contributed by atoms with Crippen molar-refractivity contribution in [2.75, 3.05) is 44.3 Å². The molecule has 0 amide bonds. The molecule has 2 aromatic heterocycles. The van der Waals surface area contributed by atoms with Crippen molar-refractivity contribution in [1.29, 1.82) is 0 Å². The van der Waals surface area contributed by atoms with Gasteiger partial charge in [-0.25, -0.2) is 19.3 Å². The lowest BCUT2D eigenvalue weighted by Crippen LogP contribution is -2.36. The molecule has 212 valence electrons. The normalized spacial score (nSPS) is 17.1. The lowest BCUT2D eigenvalue weighted by molar-refractivity contribution is -0.193. The van der Waals surface area contributed by atoms with Crippen LogP contribution in [0.2, 0.25) is 0 Å². The van der Waals surface area contributed by atoms with Gasteiger partial charge in [0.1, 0.15) is 5.82 Å². The molecule has 2 aromatic rings. The number of nitrogens with zero attached hydrogens (tertiary/aromatic N) is 7. The van der Waals surface area contributed by atoms with E-state index >= 15 is 0 Å². The molecule has 0 bridgehead atoms. The Morgan fingerprint density at radius 2 is 1.50 bits per heavy atom. The Morgan fingerprint density at radius 1 is 0.947 bits per heavy atom. The molecule has 12 nitrogen and oxygen atoms in total. The van der Waals surface area contributed by atoms with E-state index in [1.54, 1.807) is 12.4 Å². The Hall–Kier alpha value is -3.54. The first kappa shape index (κ1) is 30.7. The Balaban J connectivity index is 0.000000301. The molecule has 2 saturated heterocycles. The van der Waals surface area contributed by atoms with Crippen LogP contribution >= 0.6 is 0 Å². The molecule has 2 fully saturated rings. The second kappa shape index (κ2) is 13.8. The van der Waals surface area contributed by atoms with E-state index in [2.05, 4.69) is 36.3 Å². The number of hydrogen-bond donors (Lipinski definition) is 2. The van der Waals surface area contributed by atoms with E-state index in [9.17, 15) is 26.3 Å². The molecule has 18 heteroatoms. The number of aromatic nitrogens is 5. The zero-order chi connectivity index (χ0) is 28.3. The van der Waals surface area contributed by atoms with Crippen molar-refractivity contribution in [2.24, 2.45) is 0 Å². The first-order valence-corrected chi connectivity index (χ1v) is 11.1. The molecule has 4 heterocycles. The van der Waals surface area contributed by atoms with E-state index in [4.69, 9.17) is 24.5 Å². The standard InChI is InChI=1S/C16H23N7O.2C2HF3O2/c1-5-22(16-11-17-3-4-18-16)6-2-15(1)23-13-14(19-20-23)12-21-7-9-24-10-8-21;2*3-2(4,5)1(6)7/h3-4,11,13,15H,1-2,5-10,12H2;2*(H,6,7). The minimum atomic E-state index is -5.08. The van der Waals surface area contributed by atoms with Gasteiger partial charge in [-0.3, -0.25) is 9.88 Å². The number of ether oxygens (including phenoxy) is 1. The summed E-state index contributed by atoms with van der Waals surface area (Å²) >= 11 is 0. The van der Waals surface area contributed by atoms with Crippen LogP contribution in [-0.2, 0) is 20.9 Å². The molecular weight excluding hydrogens is 532 g/mol. The average molecular weight is 557 g/mol. The molecular formula is C20H25F6N7O5. The highest BCUT2D eigenvalue weighted by Gasteiger charge is 2.38. The number of aliphatic carboxylic acids is 2. The zero-order valence-corrected chi connectivity index (χ0v) is 19.8. The van der Waals surface area contributed by atoms with Gasteiger partial charge in [-0.2, -0.15) is 26.3 Å². The highest BCUT2D eigenvalue weighted by atomic mass is 19.4. The molecule has 0 radical (unpaired) electrons. The van der Waals surface area contributed by atoms with E-state index in [0.717, 1.165) is 70.3 Å². The van der Waals surface area contributed by atoms with Crippen molar-refractivity contribution in [3.05, 3.63) is 30.5 Å². The number of carbonyl (C=O) groups is 2. The molecule has 0 spiro atoms. The van der Waals surface area contributed by atoms with Crippen LogP contribution in [0, 0.1) is 0 Å². The molecule has 0 saturated carbocycles. The summed E-state index contributed by atoms with van der Waals surface area (Å²) < 4.78 is 70.9. The molecule has 0 unspecified atom stereocenters. The molecule has 2 aliphatic rings.